The fraction of sp³-hybridized carbons (Fsp3) is 0.750. The first-order valence-electron chi connectivity index (χ1n) is 6.55. The zero-order valence-corrected chi connectivity index (χ0v) is 13.2. The van der Waals surface area contributed by atoms with Crippen LogP contribution < -0.4 is 4.90 Å². The third-order valence-corrected chi connectivity index (χ3v) is 3.53. The molecule has 0 fully saturated rings. The third-order valence-electron chi connectivity index (χ3n) is 2.60. The number of carbonyl (C=O) groups is 1. The molecule has 114 valence electrons. The summed E-state index contributed by atoms with van der Waals surface area (Å²) in [6.45, 7) is 8.02. The summed E-state index contributed by atoms with van der Waals surface area (Å²) in [6, 6.07) is 0.158. The first kappa shape index (κ1) is 16.8. The highest BCUT2D eigenvalue weighted by molar-refractivity contribution is 7.99. The minimum atomic E-state index is -0.862. The van der Waals surface area contributed by atoms with Gasteiger partial charge in [0.15, 0.2) is 5.16 Å². The summed E-state index contributed by atoms with van der Waals surface area (Å²) in [7, 11) is 1.92. The number of ether oxygens (including phenoxy) is 1. The molecule has 0 unspecified atom stereocenters. The van der Waals surface area contributed by atoms with Crippen LogP contribution in [0, 0.1) is 0 Å². The fourth-order valence-electron chi connectivity index (χ4n) is 1.65. The average Bonchev–Trinajstić information content (AvgIpc) is 2.80. The van der Waals surface area contributed by atoms with Gasteiger partial charge in [-0.15, -0.1) is 10.2 Å². The summed E-state index contributed by atoms with van der Waals surface area (Å²) in [5.74, 6) is -0.153. The number of hydrogen-bond acceptors (Lipinski definition) is 6. The molecule has 0 aliphatic heterocycles. The molecular formula is C12H22N4O3S. The molecule has 0 saturated carbocycles. The van der Waals surface area contributed by atoms with E-state index in [1.165, 1.54) is 11.8 Å². The minimum Gasteiger partial charge on any atom is -0.481 e. The molecule has 0 amide bonds. The van der Waals surface area contributed by atoms with Crippen LogP contribution >= 0.6 is 11.8 Å². The van der Waals surface area contributed by atoms with E-state index in [2.05, 4.69) is 10.2 Å². The van der Waals surface area contributed by atoms with Gasteiger partial charge < -0.3 is 14.7 Å². The van der Waals surface area contributed by atoms with E-state index in [1.807, 2.05) is 37.3 Å². The molecule has 0 saturated heterocycles. The first-order valence-corrected chi connectivity index (χ1v) is 7.54. The predicted octanol–water partition coefficient (Wildman–Crippen LogP) is 1.51. The second kappa shape index (κ2) is 8.11. The molecule has 0 bridgehead atoms. The Morgan fingerprint density at radius 3 is 2.75 bits per heavy atom. The van der Waals surface area contributed by atoms with Gasteiger partial charge in [-0.05, 0) is 20.8 Å². The number of carboxylic acid groups (broad SMARTS) is 1. The molecule has 1 rings (SSSR count). The predicted molar refractivity (Wildman–Crippen MR) is 78.5 cm³/mol. The van der Waals surface area contributed by atoms with E-state index < -0.39 is 5.97 Å². The van der Waals surface area contributed by atoms with Gasteiger partial charge in [0.05, 0.1) is 12.4 Å². The lowest BCUT2D eigenvalue weighted by Crippen LogP contribution is -2.26. The van der Waals surface area contributed by atoms with Gasteiger partial charge in [-0.25, -0.2) is 0 Å². The Labute approximate surface area is 123 Å². The average molecular weight is 302 g/mol. The molecule has 8 heteroatoms. The Bertz CT molecular complexity index is 436. The van der Waals surface area contributed by atoms with Crippen LogP contribution in [0.2, 0.25) is 0 Å². The number of nitrogens with zero attached hydrogens (tertiary/aromatic N) is 4. The van der Waals surface area contributed by atoms with E-state index in [0.717, 1.165) is 5.95 Å². The molecule has 0 aromatic carbocycles. The van der Waals surface area contributed by atoms with Crippen LogP contribution in [0.25, 0.3) is 0 Å². The monoisotopic (exact) mass is 302 g/mol. The summed E-state index contributed by atoms with van der Waals surface area (Å²) in [5.41, 5.74) is 0. The van der Waals surface area contributed by atoms with E-state index in [-0.39, 0.29) is 11.8 Å². The summed E-state index contributed by atoms with van der Waals surface area (Å²) in [6.07, 6.45) is 0. The van der Waals surface area contributed by atoms with Gasteiger partial charge in [-0.2, -0.15) is 0 Å². The summed E-state index contributed by atoms with van der Waals surface area (Å²) < 4.78 is 7.27. The van der Waals surface area contributed by atoms with Crippen LogP contribution in [0.5, 0.6) is 0 Å². The fourth-order valence-corrected chi connectivity index (χ4v) is 2.43. The third kappa shape index (κ3) is 4.68. The maximum Gasteiger partial charge on any atom is 0.313 e. The minimum absolute atomic E-state index is 0.0203. The highest BCUT2D eigenvalue weighted by Gasteiger charge is 2.18. The van der Waals surface area contributed by atoms with E-state index in [1.54, 1.807) is 0 Å². The number of hydrogen-bond donors (Lipinski definition) is 1. The van der Waals surface area contributed by atoms with Gasteiger partial charge in [0.1, 0.15) is 0 Å². The van der Waals surface area contributed by atoms with Gasteiger partial charge in [0.25, 0.3) is 0 Å². The molecule has 1 aromatic rings. The first-order chi connectivity index (χ1) is 9.47. The van der Waals surface area contributed by atoms with E-state index in [0.29, 0.717) is 24.9 Å². The van der Waals surface area contributed by atoms with Gasteiger partial charge in [0, 0.05) is 26.2 Å². The number of anilines is 1. The van der Waals surface area contributed by atoms with Crippen LogP contribution in [0.1, 0.15) is 26.8 Å². The van der Waals surface area contributed by atoms with Crippen molar-refractivity contribution in [3.63, 3.8) is 0 Å². The largest absolute Gasteiger partial charge is 0.481 e. The van der Waals surface area contributed by atoms with Crippen molar-refractivity contribution in [3.8, 4) is 0 Å². The molecule has 0 aliphatic rings. The summed E-state index contributed by atoms with van der Waals surface area (Å²) >= 11 is 1.18. The number of carboxylic acids is 1. The summed E-state index contributed by atoms with van der Waals surface area (Å²) in [4.78, 5) is 12.6. The normalized spacial score (nSPS) is 11.1. The molecule has 7 nitrogen and oxygen atoms in total. The quantitative estimate of drug-likeness (QED) is 0.547. The Balaban J connectivity index is 2.82. The van der Waals surface area contributed by atoms with Crippen molar-refractivity contribution in [2.45, 2.75) is 32.0 Å². The van der Waals surface area contributed by atoms with E-state index >= 15 is 0 Å². The highest BCUT2D eigenvalue weighted by Crippen LogP contribution is 2.25. The molecule has 0 atom stereocenters. The van der Waals surface area contributed by atoms with Crippen molar-refractivity contribution in [1.29, 1.82) is 0 Å². The smallest absolute Gasteiger partial charge is 0.313 e. The van der Waals surface area contributed by atoms with Gasteiger partial charge in [-0.1, -0.05) is 11.8 Å². The standard InChI is InChI=1S/C12H22N4O3S/c1-5-19-7-6-15(4)11-13-14-12(16(11)9(2)3)20-8-10(17)18/h9H,5-8H2,1-4H3,(H,17,18). The highest BCUT2D eigenvalue weighted by atomic mass is 32.2. The lowest BCUT2D eigenvalue weighted by molar-refractivity contribution is -0.133. The Hall–Kier alpha value is -1.28. The molecule has 20 heavy (non-hydrogen) atoms. The Kier molecular flexibility index (Phi) is 6.80. The molecular weight excluding hydrogens is 280 g/mol. The number of likely N-dealkylation sites (N-methyl/N-ethyl adjacent to an activating group) is 1. The molecule has 1 heterocycles. The van der Waals surface area contributed by atoms with Crippen LogP contribution in [-0.4, -0.2) is 58.4 Å². The van der Waals surface area contributed by atoms with Crippen molar-refractivity contribution < 1.29 is 14.6 Å². The SMILES string of the molecule is CCOCCN(C)c1nnc(SCC(=O)O)n1C(C)C. The van der Waals surface area contributed by atoms with Crippen LogP contribution in [-0.2, 0) is 9.53 Å². The number of aliphatic carboxylic acids is 1. The van der Waals surface area contributed by atoms with Crippen molar-refractivity contribution in [1.82, 2.24) is 14.8 Å². The second-order valence-electron chi connectivity index (χ2n) is 4.55. The van der Waals surface area contributed by atoms with Crippen molar-refractivity contribution in [2.75, 3.05) is 37.5 Å². The van der Waals surface area contributed by atoms with E-state index in [9.17, 15) is 4.79 Å². The van der Waals surface area contributed by atoms with Crippen molar-refractivity contribution >= 4 is 23.7 Å². The van der Waals surface area contributed by atoms with Crippen molar-refractivity contribution in [3.05, 3.63) is 0 Å². The molecule has 1 N–H and O–H groups in total. The lowest BCUT2D eigenvalue weighted by atomic mass is 10.4. The molecule has 0 aliphatic carbocycles. The number of aromatic nitrogens is 3. The van der Waals surface area contributed by atoms with Gasteiger partial charge in [0.2, 0.25) is 5.95 Å². The lowest BCUT2D eigenvalue weighted by Gasteiger charge is -2.21. The maximum atomic E-state index is 10.7. The van der Waals surface area contributed by atoms with Gasteiger partial charge >= 0.3 is 5.97 Å². The van der Waals surface area contributed by atoms with Crippen LogP contribution in [0.4, 0.5) is 5.95 Å². The van der Waals surface area contributed by atoms with Crippen LogP contribution in [0.15, 0.2) is 5.16 Å². The zero-order valence-electron chi connectivity index (χ0n) is 12.4. The van der Waals surface area contributed by atoms with Gasteiger partial charge in [-0.3, -0.25) is 9.36 Å². The number of rotatable bonds is 9. The van der Waals surface area contributed by atoms with Crippen LogP contribution in [0.3, 0.4) is 0 Å². The molecule has 1 aromatic heterocycles. The maximum absolute atomic E-state index is 10.7. The van der Waals surface area contributed by atoms with E-state index in [4.69, 9.17) is 9.84 Å². The Morgan fingerprint density at radius 2 is 2.20 bits per heavy atom. The summed E-state index contributed by atoms with van der Waals surface area (Å²) in [5, 5.41) is 17.6. The van der Waals surface area contributed by atoms with Crippen molar-refractivity contribution in [2.24, 2.45) is 0 Å². The zero-order chi connectivity index (χ0) is 15.1. The second-order valence-corrected chi connectivity index (χ2v) is 5.49. The molecule has 0 radical (unpaired) electrons. The topological polar surface area (TPSA) is 80.5 Å². The number of thioether (sulfide) groups is 1. The molecule has 0 spiro atoms. The Morgan fingerprint density at radius 1 is 1.50 bits per heavy atom.